The molecule has 0 saturated heterocycles. The molecule has 0 radical (unpaired) electrons. The summed E-state index contributed by atoms with van der Waals surface area (Å²) < 4.78 is 34.4. The number of hydrogen-bond acceptors (Lipinski definition) is 7. The molecule has 0 heterocycles. The van der Waals surface area contributed by atoms with Crippen LogP contribution in [0, 0.1) is 0 Å². The fourth-order valence-electron chi connectivity index (χ4n) is 0. The summed E-state index contributed by atoms with van der Waals surface area (Å²) in [6, 6.07) is 0. The monoisotopic (exact) mass is 167 g/mol. The van der Waals surface area contributed by atoms with Crippen LogP contribution in [0.3, 0.4) is 0 Å². The van der Waals surface area contributed by atoms with Crippen LogP contribution in [0.5, 0.6) is 0 Å². The van der Waals surface area contributed by atoms with Gasteiger partial charge in [0, 0.05) is 0 Å². The van der Waals surface area contributed by atoms with Gasteiger partial charge in [-0.15, -0.1) is 0 Å². The van der Waals surface area contributed by atoms with Gasteiger partial charge < -0.3 is 18.5 Å². The molecule has 0 rings (SSSR count). The van der Waals surface area contributed by atoms with Crippen LogP contribution in [0.4, 0.5) is 0 Å². The Morgan fingerprint density at radius 1 is 0.625 bits per heavy atom. The van der Waals surface area contributed by atoms with Crippen molar-refractivity contribution in [3.63, 3.8) is 0 Å². The van der Waals surface area contributed by atoms with Crippen molar-refractivity contribution in [3.05, 3.63) is 0 Å². The van der Waals surface area contributed by atoms with Crippen molar-refractivity contribution in [1.82, 2.24) is 18.5 Å². The molecule has 0 aliphatic heterocycles. The van der Waals surface area contributed by atoms with E-state index in [9.17, 15) is 0 Å². The van der Waals surface area contributed by atoms with Gasteiger partial charge in [0.2, 0.25) is 0 Å². The number of hydrogen-bond donors (Lipinski definition) is 3. The van der Waals surface area contributed by atoms with Crippen LogP contribution in [0.25, 0.3) is 0 Å². The van der Waals surface area contributed by atoms with Gasteiger partial charge in [-0.3, -0.25) is 0 Å². The van der Waals surface area contributed by atoms with E-state index in [-0.39, 0.29) is 18.5 Å². The molecule has 0 atom stereocenters. The molecule has 0 aliphatic rings. The summed E-state index contributed by atoms with van der Waals surface area (Å²) in [6.07, 6.45) is 0. The van der Waals surface area contributed by atoms with E-state index in [1.807, 2.05) is 0 Å². The molecule has 54 valence electrons. The number of rotatable bonds is 0. The first kappa shape index (κ1) is 25.5. The van der Waals surface area contributed by atoms with E-state index >= 15 is 0 Å². The van der Waals surface area contributed by atoms with Crippen molar-refractivity contribution in [3.8, 4) is 0 Å². The van der Waals surface area contributed by atoms with Crippen molar-refractivity contribution < 1.29 is 28.0 Å². The third-order valence-electron chi connectivity index (χ3n) is 0. The van der Waals surface area contributed by atoms with E-state index in [2.05, 4.69) is 0 Å². The predicted molar refractivity (Wildman–Crippen MR) is 17.8 cm³/mol. The molecule has 0 saturated carbocycles. The van der Waals surface area contributed by atoms with E-state index in [4.69, 9.17) is 15.2 Å². The summed E-state index contributed by atoms with van der Waals surface area (Å²) in [7, 11) is 0. The molecule has 8 heavy (non-hydrogen) atoms. The molecular weight excluding hydrogens is 158 g/mol. The third kappa shape index (κ3) is 795. The molecule has 0 aliphatic carbocycles. The summed E-state index contributed by atoms with van der Waals surface area (Å²) in [5.41, 5.74) is 0. The second-order valence-corrected chi connectivity index (χ2v) is 1.68. The summed E-state index contributed by atoms with van der Waals surface area (Å²) >= 11 is -5.75. The van der Waals surface area contributed by atoms with Crippen molar-refractivity contribution in [1.29, 1.82) is 0 Å². The zero-order valence-electron chi connectivity index (χ0n) is 4.16. The second-order valence-electron chi connectivity index (χ2n) is 0.408. The molecule has 7 nitrogen and oxygen atoms in total. The average molecular weight is 167 g/mol. The van der Waals surface area contributed by atoms with Gasteiger partial charge in [-0.1, -0.05) is 0 Å². The Kier molecular flexibility index (Phi) is 21.1. The van der Waals surface area contributed by atoms with Crippen LogP contribution in [-0.2, 0) is 28.0 Å². The first-order chi connectivity index (χ1) is 2.00. The summed E-state index contributed by atoms with van der Waals surface area (Å²) in [6.45, 7) is 0. The van der Waals surface area contributed by atoms with Gasteiger partial charge in [0.15, 0.2) is 0 Å². The van der Waals surface area contributed by atoms with Gasteiger partial charge in [-0.05, 0) is 0 Å². The van der Waals surface area contributed by atoms with Crippen LogP contribution in [0.2, 0.25) is 0 Å². The first-order valence-electron chi connectivity index (χ1n) is 0.667. The summed E-state index contributed by atoms with van der Waals surface area (Å²) in [4.78, 5) is 0. The molecular formula is H9CrN3O4. The molecule has 8 heteroatoms. The Bertz CT molecular complexity index is 162. The Hall–Kier alpha value is -0.388. The molecule has 0 unspecified atom stereocenters. The fraction of sp³-hybridized carbons (Fsp3) is 0. The minimum atomic E-state index is -5.75. The maximum absolute atomic E-state index is 8.59. The van der Waals surface area contributed by atoms with Crippen molar-refractivity contribution >= 4 is 0 Å². The standard InChI is InChI=1S/Cr.3H3N.4O/h;3*1H3;;;;. The molecule has 0 aromatic heterocycles. The molecule has 0 spiro atoms. The first-order valence-corrected chi connectivity index (χ1v) is 2.75. The summed E-state index contributed by atoms with van der Waals surface area (Å²) in [5, 5.41) is 0. The Labute approximate surface area is 47.3 Å². The second kappa shape index (κ2) is 6.61. The van der Waals surface area contributed by atoms with E-state index in [1.54, 1.807) is 0 Å². The Morgan fingerprint density at radius 3 is 0.625 bits per heavy atom. The van der Waals surface area contributed by atoms with E-state index in [1.165, 1.54) is 0 Å². The zero-order chi connectivity index (χ0) is 4.50. The van der Waals surface area contributed by atoms with E-state index < -0.39 is 12.8 Å². The predicted octanol–water partition coefficient (Wildman–Crippen LogP) is 0.00830. The quantitative estimate of drug-likeness (QED) is 0.455. The fourth-order valence-corrected chi connectivity index (χ4v) is 0. The molecule has 9 N–H and O–H groups in total. The van der Waals surface area contributed by atoms with Crippen LogP contribution in [-0.4, -0.2) is 0 Å². The minimum absolute atomic E-state index is 0. The van der Waals surface area contributed by atoms with Gasteiger partial charge in [-0.25, -0.2) is 0 Å². The van der Waals surface area contributed by atoms with Gasteiger partial charge in [0.25, 0.3) is 0 Å². The van der Waals surface area contributed by atoms with Gasteiger partial charge >= 0.3 is 28.0 Å². The molecule has 0 bridgehead atoms. The van der Waals surface area contributed by atoms with E-state index in [0.29, 0.717) is 0 Å². The van der Waals surface area contributed by atoms with Gasteiger partial charge in [0.1, 0.15) is 0 Å². The Balaban J connectivity index is -0.0000000267. The van der Waals surface area contributed by atoms with Crippen molar-refractivity contribution in [2.24, 2.45) is 0 Å². The van der Waals surface area contributed by atoms with Crippen LogP contribution in [0.15, 0.2) is 0 Å². The van der Waals surface area contributed by atoms with Crippen LogP contribution in [0.1, 0.15) is 0 Å². The van der Waals surface area contributed by atoms with Crippen molar-refractivity contribution in [2.45, 2.75) is 0 Å². The van der Waals surface area contributed by atoms with Crippen LogP contribution < -0.4 is 18.5 Å². The Morgan fingerprint density at radius 2 is 0.625 bits per heavy atom. The molecule has 0 fully saturated rings. The third-order valence-corrected chi connectivity index (χ3v) is 0. The van der Waals surface area contributed by atoms with E-state index in [0.717, 1.165) is 0 Å². The zero-order valence-corrected chi connectivity index (χ0v) is 5.44. The van der Waals surface area contributed by atoms with Gasteiger partial charge in [-0.2, -0.15) is 0 Å². The average Bonchev–Trinajstić information content (AvgIpc) is 0.722. The van der Waals surface area contributed by atoms with Crippen molar-refractivity contribution in [2.75, 3.05) is 0 Å². The SMILES string of the molecule is N.N.N.[O]=[Cr](=[O])(=[O])=[O]. The normalized spacial score (nSPS) is 5.00. The molecule has 0 aromatic rings. The molecule has 0 aromatic carbocycles. The summed E-state index contributed by atoms with van der Waals surface area (Å²) in [5.74, 6) is 0. The van der Waals surface area contributed by atoms with Gasteiger partial charge in [0.05, 0.1) is 0 Å². The maximum atomic E-state index is 8.59. The molecule has 0 amide bonds. The topological polar surface area (TPSA) is 173 Å². The van der Waals surface area contributed by atoms with Crippen LogP contribution >= 0.6 is 0 Å².